The van der Waals surface area contributed by atoms with E-state index in [1.807, 2.05) is 37.3 Å². The van der Waals surface area contributed by atoms with E-state index in [1.165, 1.54) is 11.8 Å². The Kier molecular flexibility index (Phi) is 4.54. The van der Waals surface area contributed by atoms with E-state index < -0.39 is 6.23 Å². The fourth-order valence-corrected chi connectivity index (χ4v) is 3.41. The van der Waals surface area contributed by atoms with Crippen LogP contribution in [0, 0.1) is 0 Å². The summed E-state index contributed by atoms with van der Waals surface area (Å²) < 4.78 is 7.11. The first kappa shape index (κ1) is 16.3. The average molecular weight is 416 g/mol. The number of nitrogens with one attached hydrogen (secondary N) is 1. The van der Waals surface area contributed by atoms with Gasteiger partial charge < -0.3 is 10.1 Å². The Labute approximate surface area is 157 Å². The van der Waals surface area contributed by atoms with Crippen molar-refractivity contribution in [2.45, 2.75) is 18.3 Å². The lowest BCUT2D eigenvalue weighted by Gasteiger charge is -2.18. The molecule has 1 aromatic carbocycles. The van der Waals surface area contributed by atoms with Crippen molar-refractivity contribution in [2.24, 2.45) is 0 Å². The maximum absolute atomic E-state index is 6.16. The topological polar surface area (TPSA) is 72.8 Å². The van der Waals surface area contributed by atoms with Crippen LogP contribution in [0.4, 0.5) is 5.69 Å². The average Bonchev–Trinajstić information content (AvgIpc) is 2.79. The Hall–Kier alpha value is -2.19. The lowest BCUT2D eigenvalue weighted by Crippen LogP contribution is -2.17. The molecular formula is C17H14BrN5OS. The van der Waals surface area contributed by atoms with Crippen LogP contribution in [0.3, 0.4) is 0 Å². The molecule has 0 bridgehead atoms. The molecule has 1 atom stereocenters. The second-order valence-electron chi connectivity index (χ2n) is 5.30. The van der Waals surface area contributed by atoms with Gasteiger partial charge in [0.25, 0.3) is 0 Å². The number of rotatable bonds is 3. The molecule has 1 aliphatic rings. The first-order chi connectivity index (χ1) is 12.2. The number of ether oxygens (including phenoxy) is 1. The summed E-state index contributed by atoms with van der Waals surface area (Å²) in [5, 5.41) is 12.6. The molecule has 0 amide bonds. The predicted octanol–water partition coefficient (Wildman–Crippen LogP) is 4.31. The smallest absolute Gasteiger partial charge is 0.247 e. The van der Waals surface area contributed by atoms with Gasteiger partial charge in [-0.25, -0.2) is 0 Å². The fourth-order valence-electron chi connectivity index (χ4n) is 2.54. The van der Waals surface area contributed by atoms with Gasteiger partial charge in [0.05, 0.1) is 0 Å². The summed E-state index contributed by atoms with van der Waals surface area (Å²) >= 11 is 5.05. The van der Waals surface area contributed by atoms with Crippen LogP contribution in [0.1, 0.15) is 18.7 Å². The van der Waals surface area contributed by atoms with Crippen LogP contribution < -0.4 is 10.1 Å². The number of nitrogens with zero attached hydrogens (tertiary/aromatic N) is 4. The van der Waals surface area contributed by atoms with E-state index in [0.717, 1.165) is 27.0 Å². The highest BCUT2D eigenvalue weighted by Crippen LogP contribution is 2.40. The molecule has 1 aliphatic heterocycles. The van der Waals surface area contributed by atoms with Crippen molar-refractivity contribution in [3.63, 3.8) is 0 Å². The van der Waals surface area contributed by atoms with Crippen LogP contribution in [0.25, 0.3) is 11.3 Å². The number of thioether (sulfide) groups is 1. The quantitative estimate of drug-likeness (QED) is 0.638. The lowest BCUT2D eigenvalue weighted by atomic mass is 10.1. The fraction of sp³-hybridized carbons (Fsp3) is 0.176. The van der Waals surface area contributed by atoms with Gasteiger partial charge in [0, 0.05) is 33.7 Å². The number of benzene rings is 1. The number of halogens is 1. The molecule has 0 saturated heterocycles. The maximum Gasteiger partial charge on any atom is 0.247 e. The largest absolute Gasteiger partial charge is 0.448 e. The molecule has 0 unspecified atom stereocenters. The van der Waals surface area contributed by atoms with Gasteiger partial charge in [-0.2, -0.15) is 4.98 Å². The first-order valence-electron chi connectivity index (χ1n) is 7.75. The number of hydrogen-bond donors (Lipinski definition) is 1. The normalized spacial score (nSPS) is 15.4. The van der Waals surface area contributed by atoms with Crippen LogP contribution >= 0.6 is 27.7 Å². The summed E-state index contributed by atoms with van der Waals surface area (Å²) in [7, 11) is 0. The minimum Gasteiger partial charge on any atom is -0.448 e. The number of hydrogen-bond acceptors (Lipinski definition) is 7. The van der Waals surface area contributed by atoms with E-state index in [-0.39, 0.29) is 0 Å². The SMILES string of the molecule is CCSc1nnc2c(n1)O[C@H](c1cccnc1)Nc1ccc(Br)cc1-2. The minimum atomic E-state index is -0.411. The Balaban J connectivity index is 1.86. The molecule has 0 aliphatic carbocycles. The molecule has 0 spiro atoms. The highest BCUT2D eigenvalue weighted by Gasteiger charge is 2.26. The van der Waals surface area contributed by atoms with Crippen molar-refractivity contribution < 1.29 is 4.74 Å². The molecule has 6 nitrogen and oxygen atoms in total. The summed E-state index contributed by atoms with van der Waals surface area (Å²) in [5.74, 6) is 1.33. The predicted molar refractivity (Wildman–Crippen MR) is 101 cm³/mol. The van der Waals surface area contributed by atoms with Gasteiger partial charge in [-0.1, -0.05) is 40.7 Å². The molecule has 8 heteroatoms. The Morgan fingerprint density at radius 1 is 1.28 bits per heavy atom. The molecule has 0 fully saturated rings. The molecule has 25 heavy (non-hydrogen) atoms. The maximum atomic E-state index is 6.16. The van der Waals surface area contributed by atoms with Crippen LogP contribution in [0.5, 0.6) is 5.88 Å². The number of anilines is 1. The number of fused-ring (bicyclic) bond motifs is 3. The first-order valence-corrected chi connectivity index (χ1v) is 9.53. The number of aromatic nitrogens is 4. The molecule has 2 aromatic heterocycles. The summed E-state index contributed by atoms with van der Waals surface area (Å²) in [6.45, 7) is 2.05. The molecule has 4 rings (SSSR count). The van der Waals surface area contributed by atoms with Crippen molar-refractivity contribution >= 4 is 33.4 Å². The van der Waals surface area contributed by atoms with Gasteiger partial charge in [-0.05, 0) is 30.0 Å². The third-order valence-corrected chi connectivity index (χ3v) is 4.86. The lowest BCUT2D eigenvalue weighted by molar-refractivity contribution is 0.225. The summed E-state index contributed by atoms with van der Waals surface area (Å²) in [6.07, 6.45) is 3.10. The third kappa shape index (κ3) is 3.32. The summed E-state index contributed by atoms with van der Waals surface area (Å²) in [4.78, 5) is 8.74. The van der Waals surface area contributed by atoms with E-state index in [0.29, 0.717) is 16.7 Å². The van der Waals surface area contributed by atoms with Gasteiger partial charge >= 0.3 is 0 Å². The second-order valence-corrected chi connectivity index (χ2v) is 7.45. The monoisotopic (exact) mass is 415 g/mol. The molecule has 3 heterocycles. The molecule has 126 valence electrons. The van der Waals surface area contributed by atoms with Crippen LogP contribution in [-0.4, -0.2) is 25.9 Å². The Bertz CT molecular complexity index is 909. The van der Waals surface area contributed by atoms with Gasteiger partial charge in [-0.3, -0.25) is 4.98 Å². The van der Waals surface area contributed by atoms with Crippen LogP contribution in [0.2, 0.25) is 0 Å². The Morgan fingerprint density at radius 2 is 2.20 bits per heavy atom. The van der Waals surface area contributed by atoms with E-state index in [2.05, 4.69) is 41.4 Å². The highest BCUT2D eigenvalue weighted by atomic mass is 79.9. The number of pyridine rings is 1. The van der Waals surface area contributed by atoms with E-state index in [4.69, 9.17) is 4.74 Å². The minimum absolute atomic E-state index is 0.411. The van der Waals surface area contributed by atoms with Crippen LogP contribution in [0.15, 0.2) is 52.4 Å². The Morgan fingerprint density at radius 3 is 3.00 bits per heavy atom. The van der Waals surface area contributed by atoms with E-state index >= 15 is 0 Å². The zero-order valence-electron chi connectivity index (χ0n) is 13.3. The molecule has 0 radical (unpaired) electrons. The summed E-state index contributed by atoms with van der Waals surface area (Å²) in [6, 6.07) is 9.78. The van der Waals surface area contributed by atoms with Gasteiger partial charge in [0.15, 0.2) is 11.9 Å². The van der Waals surface area contributed by atoms with Gasteiger partial charge in [0.2, 0.25) is 11.0 Å². The van der Waals surface area contributed by atoms with Crippen molar-refractivity contribution in [1.29, 1.82) is 0 Å². The van der Waals surface area contributed by atoms with Crippen molar-refractivity contribution in [1.82, 2.24) is 20.2 Å². The van der Waals surface area contributed by atoms with Gasteiger partial charge in [-0.15, -0.1) is 10.2 Å². The molecule has 0 saturated carbocycles. The molecule has 1 N–H and O–H groups in total. The van der Waals surface area contributed by atoms with Gasteiger partial charge in [0.1, 0.15) is 0 Å². The van der Waals surface area contributed by atoms with Crippen molar-refractivity contribution in [3.05, 3.63) is 52.8 Å². The van der Waals surface area contributed by atoms with Crippen molar-refractivity contribution in [3.8, 4) is 17.1 Å². The summed E-state index contributed by atoms with van der Waals surface area (Å²) in [5.41, 5.74) is 3.33. The van der Waals surface area contributed by atoms with Crippen LogP contribution in [-0.2, 0) is 0 Å². The second kappa shape index (κ2) is 6.97. The van der Waals surface area contributed by atoms with E-state index in [1.54, 1.807) is 12.4 Å². The zero-order valence-corrected chi connectivity index (χ0v) is 15.7. The van der Waals surface area contributed by atoms with E-state index in [9.17, 15) is 0 Å². The third-order valence-electron chi connectivity index (χ3n) is 3.65. The molecule has 3 aromatic rings. The standard InChI is InChI=1S/C17H14BrN5OS/c1-2-25-17-21-16-14(22-23-17)12-8-11(18)5-6-13(12)20-15(24-16)10-4-3-7-19-9-10/h3-9,15,20H,2H2,1H3/t15-/m1/s1. The highest BCUT2D eigenvalue weighted by molar-refractivity contribution is 9.10. The molecular weight excluding hydrogens is 402 g/mol. The van der Waals surface area contributed by atoms with Crippen molar-refractivity contribution in [2.75, 3.05) is 11.1 Å². The zero-order chi connectivity index (χ0) is 17.2.